The Hall–Kier alpha value is -2.41. The van der Waals surface area contributed by atoms with E-state index in [2.05, 4.69) is 10.6 Å². The lowest BCUT2D eigenvalue weighted by Crippen LogP contribution is -2.46. The van der Waals surface area contributed by atoms with Crippen LogP contribution >= 0.6 is 0 Å². The average Bonchev–Trinajstić information content (AvgIpc) is 3.00. The first-order valence-corrected chi connectivity index (χ1v) is 8.49. The summed E-state index contributed by atoms with van der Waals surface area (Å²) in [4.78, 5) is 36.0. The number of benzene rings is 1. The molecule has 3 N–H and O–H groups in total. The normalized spacial score (nSPS) is 14.0. The topological polar surface area (TPSA) is 98.7 Å². The van der Waals surface area contributed by atoms with Crippen molar-refractivity contribution in [3.05, 3.63) is 29.3 Å². The monoisotopic (exact) mass is 347 g/mol. The predicted molar refractivity (Wildman–Crippen MR) is 94.5 cm³/mol. The van der Waals surface area contributed by atoms with Gasteiger partial charge in [0.15, 0.2) is 0 Å². The van der Waals surface area contributed by atoms with Crippen LogP contribution < -0.4 is 10.6 Å². The summed E-state index contributed by atoms with van der Waals surface area (Å²) in [5.41, 5.74) is 3.32. The van der Waals surface area contributed by atoms with Gasteiger partial charge >= 0.3 is 5.97 Å². The molecule has 25 heavy (non-hydrogen) atoms. The summed E-state index contributed by atoms with van der Waals surface area (Å²) in [5.74, 6) is -1.47. The maximum atomic E-state index is 12.3. The number of hydrogen-bond acceptors (Lipinski definition) is 4. The molecule has 0 aromatic heterocycles. The van der Waals surface area contributed by atoms with Crippen molar-refractivity contribution in [1.29, 1.82) is 0 Å². The summed E-state index contributed by atoms with van der Waals surface area (Å²) < 4.78 is 0. The van der Waals surface area contributed by atoms with E-state index in [0.717, 1.165) is 24.9 Å². The Kier molecular flexibility index (Phi) is 6.52. The first-order chi connectivity index (χ1) is 11.9. The molecule has 0 bridgehead atoms. The Balaban J connectivity index is 1.95. The van der Waals surface area contributed by atoms with Crippen LogP contribution in [0.1, 0.15) is 31.4 Å². The molecule has 1 unspecified atom stereocenters. The molecule has 0 saturated carbocycles. The van der Waals surface area contributed by atoms with Crippen LogP contribution in [0.3, 0.4) is 0 Å². The quantitative estimate of drug-likeness (QED) is 0.652. The lowest BCUT2D eigenvalue weighted by Gasteiger charge is -2.25. The maximum Gasteiger partial charge on any atom is 0.320 e. The van der Waals surface area contributed by atoms with Crippen LogP contribution in [0, 0.1) is 0 Å². The number of carbonyl (C=O) groups is 3. The highest BCUT2D eigenvalue weighted by Crippen LogP contribution is 2.24. The van der Waals surface area contributed by atoms with Crippen molar-refractivity contribution in [2.75, 3.05) is 25.0 Å². The Morgan fingerprint density at radius 1 is 1.24 bits per heavy atom. The fourth-order valence-corrected chi connectivity index (χ4v) is 2.98. The highest BCUT2D eigenvalue weighted by Gasteiger charge is 2.23. The van der Waals surface area contributed by atoms with Crippen molar-refractivity contribution in [1.82, 2.24) is 10.2 Å². The molecule has 1 atom stereocenters. The molecule has 0 heterocycles. The van der Waals surface area contributed by atoms with Gasteiger partial charge in [-0.1, -0.05) is 6.07 Å². The number of carboxylic acids is 1. The zero-order chi connectivity index (χ0) is 18.4. The Morgan fingerprint density at radius 3 is 2.64 bits per heavy atom. The molecule has 2 rings (SSSR count). The van der Waals surface area contributed by atoms with E-state index in [0.29, 0.717) is 6.54 Å². The number of aliphatic carboxylic acids is 1. The number of carbonyl (C=O) groups excluding carboxylic acids is 2. The third-order valence-electron chi connectivity index (χ3n) is 4.41. The van der Waals surface area contributed by atoms with Gasteiger partial charge in [0.2, 0.25) is 11.8 Å². The van der Waals surface area contributed by atoms with Crippen molar-refractivity contribution in [2.45, 2.75) is 39.2 Å². The molecular formula is C18H25N3O4. The van der Waals surface area contributed by atoms with E-state index in [1.54, 1.807) is 0 Å². The van der Waals surface area contributed by atoms with E-state index >= 15 is 0 Å². The van der Waals surface area contributed by atoms with Crippen LogP contribution in [0.15, 0.2) is 18.2 Å². The second kappa shape index (κ2) is 8.62. The molecule has 1 aliphatic carbocycles. The van der Waals surface area contributed by atoms with Gasteiger partial charge in [-0.25, -0.2) is 0 Å². The molecule has 1 aliphatic rings. The van der Waals surface area contributed by atoms with Crippen LogP contribution in [0.25, 0.3) is 0 Å². The van der Waals surface area contributed by atoms with E-state index in [4.69, 9.17) is 0 Å². The number of amides is 2. The van der Waals surface area contributed by atoms with Gasteiger partial charge in [0.25, 0.3) is 0 Å². The molecule has 0 fully saturated rings. The second-order valence-corrected chi connectivity index (χ2v) is 6.35. The maximum absolute atomic E-state index is 12.3. The van der Waals surface area contributed by atoms with E-state index in [-0.39, 0.29) is 24.9 Å². The minimum atomic E-state index is -1.01. The summed E-state index contributed by atoms with van der Waals surface area (Å²) in [6, 6.07) is 5.08. The van der Waals surface area contributed by atoms with Crippen molar-refractivity contribution >= 4 is 23.5 Å². The molecule has 0 spiro atoms. The first kappa shape index (κ1) is 18.9. The summed E-state index contributed by atoms with van der Waals surface area (Å²) in [7, 11) is 0. The summed E-state index contributed by atoms with van der Waals surface area (Å²) in [6.45, 7) is 3.44. The van der Waals surface area contributed by atoms with Gasteiger partial charge in [0, 0.05) is 25.7 Å². The van der Waals surface area contributed by atoms with Crippen LogP contribution in [0.5, 0.6) is 0 Å². The van der Waals surface area contributed by atoms with Gasteiger partial charge in [0.1, 0.15) is 6.04 Å². The minimum absolute atomic E-state index is 0.0515. The number of nitrogens with zero attached hydrogens (tertiary/aromatic N) is 1. The Morgan fingerprint density at radius 2 is 1.96 bits per heavy atom. The molecule has 7 nitrogen and oxygen atoms in total. The first-order valence-electron chi connectivity index (χ1n) is 8.49. The van der Waals surface area contributed by atoms with Crippen LogP contribution in [0.2, 0.25) is 0 Å². The number of anilines is 1. The molecular weight excluding hydrogens is 322 g/mol. The number of carboxylic acid groups (broad SMARTS) is 1. The molecule has 136 valence electrons. The highest BCUT2D eigenvalue weighted by molar-refractivity contribution is 5.92. The van der Waals surface area contributed by atoms with Crippen LogP contribution in [0.4, 0.5) is 5.69 Å². The highest BCUT2D eigenvalue weighted by atomic mass is 16.4. The van der Waals surface area contributed by atoms with Crippen molar-refractivity contribution in [3.8, 4) is 0 Å². The van der Waals surface area contributed by atoms with E-state index in [1.807, 2.05) is 18.2 Å². The fraction of sp³-hybridized carbons (Fsp3) is 0.500. The number of fused-ring (bicyclic) bond motifs is 1. The van der Waals surface area contributed by atoms with E-state index in [9.17, 15) is 19.5 Å². The largest absolute Gasteiger partial charge is 0.480 e. The van der Waals surface area contributed by atoms with E-state index in [1.165, 1.54) is 29.9 Å². The van der Waals surface area contributed by atoms with Crippen LogP contribution in [-0.2, 0) is 27.2 Å². The molecule has 0 radical (unpaired) electrons. The van der Waals surface area contributed by atoms with Gasteiger partial charge in [-0.2, -0.15) is 0 Å². The average molecular weight is 347 g/mol. The Labute approximate surface area is 147 Å². The molecule has 2 amide bonds. The third kappa shape index (κ3) is 5.56. The van der Waals surface area contributed by atoms with Crippen molar-refractivity contribution < 1.29 is 19.5 Å². The predicted octanol–water partition coefficient (Wildman–Crippen LogP) is 1.03. The van der Waals surface area contributed by atoms with Crippen LogP contribution in [-0.4, -0.2) is 53.5 Å². The molecule has 1 aromatic rings. The molecule has 0 aliphatic heterocycles. The molecule has 7 heteroatoms. The SMILES string of the molecule is CC(=O)NCCN(CC(=O)Nc1ccc2c(c1)CCC2)C(C)C(=O)O. The fourth-order valence-electron chi connectivity index (χ4n) is 2.98. The molecule has 1 aromatic carbocycles. The number of aryl methyl sites for hydroxylation is 2. The standard InChI is InChI=1S/C18H25N3O4/c1-12(18(24)25)21(9-8-19-13(2)22)11-17(23)20-16-7-6-14-4-3-5-15(14)10-16/h6-7,10,12H,3-5,8-9,11H2,1-2H3,(H,19,22)(H,20,23)(H,24,25). The van der Waals surface area contributed by atoms with Gasteiger partial charge in [-0.3, -0.25) is 19.3 Å². The number of nitrogens with one attached hydrogen (secondary N) is 2. The zero-order valence-corrected chi connectivity index (χ0v) is 14.7. The van der Waals surface area contributed by atoms with Gasteiger partial charge in [0.05, 0.1) is 6.54 Å². The van der Waals surface area contributed by atoms with Gasteiger partial charge < -0.3 is 15.7 Å². The zero-order valence-electron chi connectivity index (χ0n) is 14.7. The minimum Gasteiger partial charge on any atom is -0.480 e. The van der Waals surface area contributed by atoms with Crippen molar-refractivity contribution in [3.63, 3.8) is 0 Å². The smallest absolute Gasteiger partial charge is 0.320 e. The Bertz CT molecular complexity index is 660. The third-order valence-corrected chi connectivity index (χ3v) is 4.41. The lowest BCUT2D eigenvalue weighted by atomic mass is 10.1. The number of hydrogen-bond donors (Lipinski definition) is 3. The number of rotatable bonds is 8. The van der Waals surface area contributed by atoms with Gasteiger partial charge in [-0.05, 0) is 49.4 Å². The molecule has 0 saturated heterocycles. The summed E-state index contributed by atoms with van der Waals surface area (Å²) in [6.07, 6.45) is 3.24. The van der Waals surface area contributed by atoms with Gasteiger partial charge in [-0.15, -0.1) is 0 Å². The van der Waals surface area contributed by atoms with E-state index < -0.39 is 12.0 Å². The summed E-state index contributed by atoms with van der Waals surface area (Å²) >= 11 is 0. The van der Waals surface area contributed by atoms with Crippen molar-refractivity contribution in [2.24, 2.45) is 0 Å². The summed E-state index contributed by atoms with van der Waals surface area (Å²) in [5, 5.41) is 14.7. The second-order valence-electron chi connectivity index (χ2n) is 6.35. The lowest BCUT2D eigenvalue weighted by molar-refractivity contribution is -0.142.